The zero-order chi connectivity index (χ0) is 13.4. The minimum absolute atomic E-state index is 0.0229. The molecule has 2 aromatic rings. The van der Waals surface area contributed by atoms with Crippen LogP contribution in [-0.2, 0) is 0 Å². The first-order valence-electron chi connectivity index (χ1n) is 4.92. The second kappa shape index (κ2) is 4.56. The highest BCUT2D eigenvalue weighted by Gasteiger charge is 2.14. The summed E-state index contributed by atoms with van der Waals surface area (Å²) >= 11 is 1.84. The molecule has 5 nitrogen and oxygen atoms in total. The summed E-state index contributed by atoms with van der Waals surface area (Å²) in [5.41, 5.74) is -1.09. The van der Waals surface area contributed by atoms with Crippen LogP contribution in [0.2, 0.25) is 0 Å². The van der Waals surface area contributed by atoms with Crippen molar-refractivity contribution in [2.45, 2.75) is 6.92 Å². The van der Waals surface area contributed by atoms with E-state index in [0.717, 1.165) is 4.57 Å². The number of hydrogen-bond donors (Lipinski definition) is 2. The second-order valence-corrected chi connectivity index (χ2v) is 4.80. The largest absolute Gasteiger partial charge is 0.494 e. The Morgan fingerprint density at radius 2 is 2.06 bits per heavy atom. The third kappa shape index (κ3) is 2.05. The van der Waals surface area contributed by atoms with Gasteiger partial charge in [0.05, 0.1) is 11.3 Å². The molecule has 0 aliphatic heterocycles. The molecule has 0 spiro atoms. The fourth-order valence-corrected chi connectivity index (χ4v) is 2.22. The summed E-state index contributed by atoms with van der Waals surface area (Å²) in [4.78, 5) is 25.1. The monoisotopic (exact) mass is 362 g/mol. The van der Waals surface area contributed by atoms with Crippen LogP contribution >= 0.6 is 22.6 Å². The zero-order valence-electron chi connectivity index (χ0n) is 9.20. The van der Waals surface area contributed by atoms with Crippen LogP contribution in [0.15, 0.2) is 27.8 Å². The molecule has 0 amide bonds. The van der Waals surface area contributed by atoms with Crippen LogP contribution in [0.25, 0.3) is 5.69 Å². The molecule has 0 unspecified atom stereocenters. The molecule has 2 rings (SSSR count). The van der Waals surface area contributed by atoms with Gasteiger partial charge < -0.3 is 5.11 Å². The van der Waals surface area contributed by atoms with Gasteiger partial charge in [-0.25, -0.2) is 13.8 Å². The first-order chi connectivity index (χ1) is 8.41. The third-order valence-corrected chi connectivity index (χ3v) is 3.33. The van der Waals surface area contributed by atoms with E-state index in [1.165, 1.54) is 25.1 Å². The lowest BCUT2D eigenvalue weighted by Gasteiger charge is -2.11. The molecule has 0 saturated heterocycles. The van der Waals surface area contributed by atoms with Gasteiger partial charge in [0.2, 0.25) is 5.88 Å². The van der Waals surface area contributed by atoms with Gasteiger partial charge in [0.1, 0.15) is 5.82 Å². The van der Waals surface area contributed by atoms with Crippen molar-refractivity contribution in [1.82, 2.24) is 9.55 Å². The molecule has 0 radical (unpaired) electrons. The Hall–Kier alpha value is -1.64. The van der Waals surface area contributed by atoms with Crippen LogP contribution in [0.1, 0.15) is 5.56 Å². The number of aromatic amines is 1. The van der Waals surface area contributed by atoms with Crippen molar-refractivity contribution in [2.24, 2.45) is 0 Å². The molecular formula is C11H8FIN2O3. The van der Waals surface area contributed by atoms with Crippen molar-refractivity contribution < 1.29 is 9.50 Å². The average Bonchev–Trinajstić information content (AvgIpc) is 2.29. The zero-order valence-corrected chi connectivity index (χ0v) is 11.4. The maximum atomic E-state index is 13.0. The van der Waals surface area contributed by atoms with Gasteiger partial charge in [-0.15, -0.1) is 0 Å². The van der Waals surface area contributed by atoms with Crippen LogP contribution in [0.5, 0.6) is 5.88 Å². The molecule has 18 heavy (non-hydrogen) atoms. The Morgan fingerprint density at radius 3 is 2.67 bits per heavy atom. The maximum Gasteiger partial charge on any atom is 0.335 e. The molecule has 1 aromatic heterocycles. The minimum atomic E-state index is -0.771. The lowest BCUT2D eigenvalue weighted by atomic mass is 10.3. The maximum absolute atomic E-state index is 13.0. The molecule has 0 bridgehead atoms. The van der Waals surface area contributed by atoms with Crippen LogP contribution < -0.4 is 11.2 Å². The van der Waals surface area contributed by atoms with Crippen LogP contribution in [0.4, 0.5) is 4.39 Å². The third-order valence-electron chi connectivity index (χ3n) is 2.46. The van der Waals surface area contributed by atoms with Gasteiger partial charge in [-0.3, -0.25) is 9.78 Å². The standard InChI is InChI=1S/C11H8FIN2O3/c1-5-9(16)14-11(18)15(10(5)17)8-3-2-6(12)4-7(8)13/h2-4,17H,1H3,(H,14,16,18). The molecule has 1 heterocycles. The van der Waals surface area contributed by atoms with E-state index in [4.69, 9.17) is 0 Å². The predicted octanol–water partition coefficient (Wildman–Crippen LogP) is 1.28. The fraction of sp³-hybridized carbons (Fsp3) is 0.0909. The Bertz CT molecular complexity index is 736. The van der Waals surface area contributed by atoms with E-state index in [2.05, 4.69) is 4.98 Å². The highest BCUT2D eigenvalue weighted by molar-refractivity contribution is 14.1. The Kier molecular flexibility index (Phi) is 3.24. The van der Waals surface area contributed by atoms with Crippen LogP contribution in [0.3, 0.4) is 0 Å². The van der Waals surface area contributed by atoms with Crippen molar-refractivity contribution in [3.63, 3.8) is 0 Å². The average molecular weight is 362 g/mol. The van der Waals surface area contributed by atoms with Gasteiger partial charge in [-0.2, -0.15) is 0 Å². The van der Waals surface area contributed by atoms with Crippen molar-refractivity contribution in [1.29, 1.82) is 0 Å². The first kappa shape index (κ1) is 12.8. The molecule has 0 saturated carbocycles. The predicted molar refractivity (Wildman–Crippen MR) is 71.7 cm³/mol. The van der Waals surface area contributed by atoms with Crippen molar-refractivity contribution in [2.75, 3.05) is 0 Å². The molecule has 0 atom stereocenters. The van der Waals surface area contributed by atoms with E-state index in [9.17, 15) is 19.1 Å². The SMILES string of the molecule is Cc1c(O)n(-c2ccc(F)cc2I)c(=O)[nH]c1=O. The Labute approximate surface area is 114 Å². The minimum Gasteiger partial charge on any atom is -0.494 e. The topological polar surface area (TPSA) is 75.1 Å². The van der Waals surface area contributed by atoms with E-state index >= 15 is 0 Å². The van der Waals surface area contributed by atoms with Gasteiger partial charge in [-0.05, 0) is 47.7 Å². The summed E-state index contributed by atoms with van der Waals surface area (Å²) in [6.07, 6.45) is 0. The second-order valence-electron chi connectivity index (χ2n) is 3.64. The number of nitrogens with one attached hydrogen (secondary N) is 1. The lowest BCUT2D eigenvalue weighted by molar-refractivity contribution is 0.426. The number of rotatable bonds is 1. The highest BCUT2D eigenvalue weighted by atomic mass is 127. The van der Waals surface area contributed by atoms with Crippen molar-refractivity contribution in [3.8, 4) is 11.6 Å². The number of hydrogen-bond acceptors (Lipinski definition) is 3. The van der Waals surface area contributed by atoms with Gasteiger partial charge in [-0.1, -0.05) is 0 Å². The van der Waals surface area contributed by atoms with Crippen molar-refractivity contribution >= 4 is 22.6 Å². The van der Waals surface area contributed by atoms with E-state index < -0.39 is 22.9 Å². The number of nitrogens with zero attached hydrogens (tertiary/aromatic N) is 1. The van der Waals surface area contributed by atoms with E-state index in [0.29, 0.717) is 9.26 Å². The summed E-state index contributed by atoms with van der Waals surface area (Å²) in [7, 11) is 0. The number of H-pyrrole nitrogens is 1. The molecule has 0 fully saturated rings. The summed E-state index contributed by atoms with van der Waals surface area (Å²) < 4.78 is 14.4. The van der Waals surface area contributed by atoms with E-state index in [1.54, 1.807) is 0 Å². The Morgan fingerprint density at radius 1 is 1.39 bits per heavy atom. The summed E-state index contributed by atoms with van der Waals surface area (Å²) in [5, 5.41) is 9.85. The molecule has 2 N–H and O–H groups in total. The summed E-state index contributed by atoms with van der Waals surface area (Å²) in [5.74, 6) is -0.898. The molecule has 1 aromatic carbocycles. The van der Waals surface area contributed by atoms with E-state index in [1.807, 2.05) is 22.6 Å². The van der Waals surface area contributed by atoms with Crippen molar-refractivity contribution in [3.05, 3.63) is 54.0 Å². The molecule has 94 valence electrons. The van der Waals surface area contributed by atoms with E-state index in [-0.39, 0.29) is 5.56 Å². The van der Waals surface area contributed by atoms with Crippen LogP contribution in [0, 0.1) is 16.3 Å². The summed E-state index contributed by atoms with van der Waals surface area (Å²) in [6, 6.07) is 3.75. The highest BCUT2D eigenvalue weighted by Crippen LogP contribution is 2.21. The molecular weight excluding hydrogens is 354 g/mol. The van der Waals surface area contributed by atoms with Gasteiger partial charge in [0.15, 0.2) is 0 Å². The first-order valence-corrected chi connectivity index (χ1v) is 6.00. The number of halogens is 2. The molecule has 7 heteroatoms. The Balaban J connectivity index is 2.84. The fourth-order valence-electron chi connectivity index (χ4n) is 1.50. The molecule has 0 aliphatic rings. The van der Waals surface area contributed by atoms with Gasteiger partial charge in [0.25, 0.3) is 5.56 Å². The smallest absolute Gasteiger partial charge is 0.335 e. The quantitative estimate of drug-likeness (QED) is 0.751. The van der Waals surface area contributed by atoms with Crippen LogP contribution in [-0.4, -0.2) is 14.7 Å². The summed E-state index contributed by atoms with van der Waals surface area (Å²) in [6.45, 7) is 1.39. The van der Waals surface area contributed by atoms with Gasteiger partial charge >= 0.3 is 5.69 Å². The normalized spacial score (nSPS) is 10.6. The molecule has 0 aliphatic carbocycles. The number of aromatic hydroxyl groups is 1. The number of benzene rings is 1. The lowest BCUT2D eigenvalue weighted by Crippen LogP contribution is -2.30. The van der Waals surface area contributed by atoms with Gasteiger partial charge in [0, 0.05) is 3.57 Å². The number of aromatic nitrogens is 2.